The van der Waals surface area contributed by atoms with Gasteiger partial charge in [-0.05, 0) is 12.8 Å². The van der Waals surface area contributed by atoms with Crippen LogP contribution in [0.1, 0.15) is 43.8 Å². The molecule has 1 heterocycles. The summed E-state index contributed by atoms with van der Waals surface area (Å²) in [7, 11) is 0. The molecule has 1 aliphatic carbocycles. The molecule has 0 amide bonds. The van der Waals surface area contributed by atoms with Crippen molar-refractivity contribution in [2.75, 3.05) is 11.5 Å². The zero-order valence-electron chi connectivity index (χ0n) is 8.62. The lowest BCUT2D eigenvalue weighted by molar-refractivity contribution is 0.428. The summed E-state index contributed by atoms with van der Waals surface area (Å²) in [6.07, 6.45) is 5.81. The molecule has 0 bridgehead atoms. The first kappa shape index (κ1) is 10.0. The van der Waals surface area contributed by atoms with Crippen molar-refractivity contribution in [3.63, 3.8) is 0 Å². The number of H-pyrrole nitrogens is 1. The highest BCUT2D eigenvalue weighted by molar-refractivity contribution is 5.55. The fourth-order valence-corrected chi connectivity index (χ4v) is 2.09. The molecule has 0 aliphatic heterocycles. The van der Waals surface area contributed by atoms with Crippen LogP contribution in [0.2, 0.25) is 0 Å². The number of rotatable bonds is 1. The fraction of sp³-hybridized carbons (Fsp3) is 0.600. The first-order chi connectivity index (χ1) is 7.18. The zero-order valence-corrected chi connectivity index (χ0v) is 8.62. The number of nitrogens with two attached hydrogens (primary N) is 2. The van der Waals surface area contributed by atoms with Gasteiger partial charge < -0.3 is 16.5 Å². The Kier molecular flexibility index (Phi) is 2.62. The summed E-state index contributed by atoms with van der Waals surface area (Å²) in [4.78, 5) is 18.3. The van der Waals surface area contributed by atoms with Crippen molar-refractivity contribution >= 4 is 11.5 Å². The fourth-order valence-electron chi connectivity index (χ4n) is 2.09. The predicted octanol–water partition coefficient (Wildman–Crippen LogP) is 0.982. The van der Waals surface area contributed by atoms with E-state index in [1.165, 1.54) is 19.3 Å². The average Bonchev–Trinajstić information content (AvgIpc) is 2.26. The van der Waals surface area contributed by atoms with E-state index in [9.17, 15) is 4.79 Å². The quantitative estimate of drug-likeness (QED) is 0.640. The lowest BCUT2D eigenvalue weighted by Gasteiger charge is -2.20. The first-order valence-corrected chi connectivity index (χ1v) is 5.33. The Balaban J connectivity index is 2.32. The van der Waals surface area contributed by atoms with Crippen molar-refractivity contribution < 1.29 is 0 Å². The molecule has 0 aromatic carbocycles. The summed E-state index contributed by atoms with van der Waals surface area (Å²) < 4.78 is 0. The Labute approximate surface area is 87.9 Å². The van der Waals surface area contributed by atoms with Gasteiger partial charge in [-0.2, -0.15) is 0 Å². The standard InChI is InChI=1S/C10H16N4O/c11-7-8(12)13-9(14-10(7)15)6-4-2-1-3-5-6/h6H,1-5,11H2,(H3,12,13,14,15). The zero-order chi connectivity index (χ0) is 10.8. The largest absolute Gasteiger partial charge is 0.391 e. The van der Waals surface area contributed by atoms with Crippen LogP contribution in [0.25, 0.3) is 0 Å². The highest BCUT2D eigenvalue weighted by atomic mass is 16.1. The van der Waals surface area contributed by atoms with Crippen LogP contribution >= 0.6 is 0 Å². The molecule has 5 N–H and O–H groups in total. The van der Waals surface area contributed by atoms with Crippen LogP contribution in [0.3, 0.4) is 0 Å². The average molecular weight is 208 g/mol. The Morgan fingerprint density at radius 2 is 1.87 bits per heavy atom. The van der Waals surface area contributed by atoms with Crippen molar-refractivity contribution in [1.29, 1.82) is 0 Å². The maximum atomic E-state index is 11.4. The number of anilines is 2. The highest BCUT2D eigenvalue weighted by Crippen LogP contribution is 2.30. The minimum atomic E-state index is -0.317. The van der Waals surface area contributed by atoms with Crippen LogP contribution < -0.4 is 17.0 Å². The van der Waals surface area contributed by atoms with E-state index in [4.69, 9.17) is 11.5 Å². The van der Waals surface area contributed by atoms with Gasteiger partial charge in [-0.1, -0.05) is 19.3 Å². The van der Waals surface area contributed by atoms with Gasteiger partial charge in [0.25, 0.3) is 5.56 Å². The van der Waals surface area contributed by atoms with Crippen molar-refractivity contribution in [1.82, 2.24) is 9.97 Å². The third kappa shape index (κ3) is 1.95. The van der Waals surface area contributed by atoms with E-state index in [2.05, 4.69) is 9.97 Å². The summed E-state index contributed by atoms with van der Waals surface area (Å²) in [5.74, 6) is 1.19. The third-order valence-corrected chi connectivity index (χ3v) is 2.99. The topological polar surface area (TPSA) is 97.8 Å². The number of nitrogens with one attached hydrogen (secondary N) is 1. The minimum absolute atomic E-state index is 0.0227. The van der Waals surface area contributed by atoms with Gasteiger partial charge in [-0.15, -0.1) is 0 Å². The maximum absolute atomic E-state index is 11.4. The monoisotopic (exact) mass is 208 g/mol. The van der Waals surface area contributed by atoms with Crippen LogP contribution in [-0.4, -0.2) is 9.97 Å². The van der Waals surface area contributed by atoms with E-state index in [-0.39, 0.29) is 17.1 Å². The van der Waals surface area contributed by atoms with Crippen molar-refractivity contribution in [3.05, 3.63) is 16.2 Å². The van der Waals surface area contributed by atoms with Crippen LogP contribution in [0.4, 0.5) is 11.5 Å². The summed E-state index contributed by atoms with van der Waals surface area (Å²) in [5.41, 5.74) is 10.7. The number of nitrogen functional groups attached to an aromatic ring is 2. The summed E-state index contributed by atoms with van der Waals surface area (Å²) in [6, 6.07) is 0. The van der Waals surface area contributed by atoms with E-state index in [0.29, 0.717) is 11.7 Å². The molecule has 82 valence electrons. The molecule has 1 fully saturated rings. The van der Waals surface area contributed by atoms with Crippen LogP contribution in [-0.2, 0) is 0 Å². The van der Waals surface area contributed by atoms with Crippen molar-refractivity contribution in [3.8, 4) is 0 Å². The molecule has 0 radical (unpaired) electrons. The van der Waals surface area contributed by atoms with Gasteiger partial charge in [-0.3, -0.25) is 4.79 Å². The van der Waals surface area contributed by atoms with Crippen LogP contribution in [0, 0.1) is 0 Å². The number of aromatic amines is 1. The third-order valence-electron chi connectivity index (χ3n) is 2.99. The molecule has 15 heavy (non-hydrogen) atoms. The summed E-state index contributed by atoms with van der Waals surface area (Å²) in [5, 5.41) is 0. The van der Waals surface area contributed by atoms with Gasteiger partial charge in [0.2, 0.25) is 0 Å². The van der Waals surface area contributed by atoms with E-state index < -0.39 is 0 Å². The van der Waals surface area contributed by atoms with Gasteiger partial charge in [0, 0.05) is 5.92 Å². The molecule has 1 saturated carbocycles. The van der Waals surface area contributed by atoms with Crippen LogP contribution in [0.15, 0.2) is 4.79 Å². The second-order valence-electron chi connectivity index (χ2n) is 4.09. The predicted molar refractivity (Wildman–Crippen MR) is 59.5 cm³/mol. The van der Waals surface area contributed by atoms with Crippen molar-refractivity contribution in [2.24, 2.45) is 0 Å². The normalized spacial score (nSPS) is 17.9. The molecule has 1 aromatic heterocycles. The molecule has 0 saturated heterocycles. The lowest BCUT2D eigenvalue weighted by atomic mass is 9.89. The molecular weight excluding hydrogens is 192 g/mol. The summed E-state index contributed by atoms with van der Waals surface area (Å²) >= 11 is 0. The molecule has 5 nitrogen and oxygen atoms in total. The number of hydrogen-bond donors (Lipinski definition) is 3. The molecular formula is C10H16N4O. The number of nitrogens with zero attached hydrogens (tertiary/aromatic N) is 1. The highest BCUT2D eigenvalue weighted by Gasteiger charge is 2.18. The second kappa shape index (κ2) is 3.92. The van der Waals surface area contributed by atoms with Crippen LogP contribution in [0.5, 0.6) is 0 Å². The molecule has 0 unspecified atom stereocenters. The SMILES string of the molecule is Nc1nc(C2CCCCC2)[nH]c(=O)c1N. The first-order valence-electron chi connectivity index (χ1n) is 5.33. The van der Waals surface area contributed by atoms with Gasteiger partial charge >= 0.3 is 0 Å². The Morgan fingerprint density at radius 3 is 2.47 bits per heavy atom. The number of hydrogen-bond acceptors (Lipinski definition) is 4. The Morgan fingerprint density at radius 1 is 1.20 bits per heavy atom. The molecule has 1 aromatic rings. The van der Waals surface area contributed by atoms with E-state index >= 15 is 0 Å². The Bertz CT molecular complexity index is 406. The van der Waals surface area contributed by atoms with E-state index in [1.54, 1.807) is 0 Å². The van der Waals surface area contributed by atoms with Gasteiger partial charge in [0.05, 0.1) is 0 Å². The molecule has 2 rings (SSSR count). The number of aromatic nitrogens is 2. The van der Waals surface area contributed by atoms with Gasteiger partial charge in [-0.25, -0.2) is 4.98 Å². The summed E-state index contributed by atoms with van der Waals surface area (Å²) in [6.45, 7) is 0. The maximum Gasteiger partial charge on any atom is 0.276 e. The van der Waals surface area contributed by atoms with Gasteiger partial charge in [0.1, 0.15) is 11.5 Å². The van der Waals surface area contributed by atoms with E-state index in [0.717, 1.165) is 12.8 Å². The molecule has 0 spiro atoms. The Hall–Kier alpha value is -1.52. The second-order valence-corrected chi connectivity index (χ2v) is 4.09. The molecule has 0 atom stereocenters. The van der Waals surface area contributed by atoms with Gasteiger partial charge in [0.15, 0.2) is 5.82 Å². The smallest absolute Gasteiger partial charge is 0.276 e. The van der Waals surface area contributed by atoms with E-state index in [1.807, 2.05) is 0 Å². The lowest BCUT2D eigenvalue weighted by Crippen LogP contribution is -2.21. The minimum Gasteiger partial charge on any atom is -0.391 e. The molecule has 1 aliphatic rings. The van der Waals surface area contributed by atoms with Crippen molar-refractivity contribution in [2.45, 2.75) is 38.0 Å². The molecule has 5 heteroatoms.